The highest BCUT2D eigenvalue weighted by Crippen LogP contribution is 2.28. The first kappa shape index (κ1) is 15.0. The molecule has 3 rings (SSSR count). The van der Waals surface area contributed by atoms with E-state index in [1.165, 1.54) is 41.5 Å². The first-order valence-electron chi connectivity index (χ1n) is 7.89. The monoisotopic (exact) mass is 310 g/mol. The van der Waals surface area contributed by atoms with Crippen molar-refractivity contribution in [2.75, 3.05) is 10.6 Å². The van der Waals surface area contributed by atoms with Crippen LogP contribution in [0.2, 0.25) is 0 Å². The van der Waals surface area contributed by atoms with Crippen LogP contribution in [0.3, 0.4) is 0 Å². The maximum absolute atomic E-state index is 5.49. The molecular weight excluding hydrogens is 288 g/mol. The largest absolute Gasteiger partial charge is 0.332 e. The fraction of sp³-hybridized carbons (Fsp3) is 0.316. The summed E-state index contributed by atoms with van der Waals surface area (Å²) in [5, 5.41) is 7.33. The summed E-state index contributed by atoms with van der Waals surface area (Å²) in [4.78, 5) is 0. The molecule has 0 unspecified atom stereocenters. The number of hydrogen-bond acceptors (Lipinski definition) is 1. The highest BCUT2D eigenvalue weighted by atomic mass is 32.1. The molecule has 0 atom stereocenters. The normalized spacial score (nSPS) is 13.4. The van der Waals surface area contributed by atoms with Gasteiger partial charge >= 0.3 is 0 Å². The Kier molecular flexibility index (Phi) is 4.44. The molecule has 2 aromatic rings. The fourth-order valence-electron chi connectivity index (χ4n) is 3.23. The highest BCUT2D eigenvalue weighted by Gasteiger charge is 2.13. The van der Waals surface area contributed by atoms with E-state index in [4.69, 9.17) is 12.2 Å². The SMILES string of the molecule is Cc1cc(C)cc(NC(=S)Nc2cccc3c2CCCC3)c1. The van der Waals surface area contributed by atoms with Crippen molar-refractivity contribution in [1.29, 1.82) is 0 Å². The van der Waals surface area contributed by atoms with Crippen LogP contribution < -0.4 is 10.6 Å². The van der Waals surface area contributed by atoms with E-state index >= 15 is 0 Å². The molecule has 114 valence electrons. The number of anilines is 2. The lowest BCUT2D eigenvalue weighted by molar-refractivity contribution is 0.687. The van der Waals surface area contributed by atoms with Gasteiger partial charge in [-0.25, -0.2) is 0 Å². The van der Waals surface area contributed by atoms with Gasteiger partial charge in [0.1, 0.15) is 0 Å². The van der Waals surface area contributed by atoms with Gasteiger partial charge in [0.2, 0.25) is 0 Å². The second kappa shape index (κ2) is 6.49. The van der Waals surface area contributed by atoms with Gasteiger partial charge in [-0.15, -0.1) is 0 Å². The van der Waals surface area contributed by atoms with Crippen molar-refractivity contribution in [1.82, 2.24) is 0 Å². The molecule has 22 heavy (non-hydrogen) atoms. The highest BCUT2D eigenvalue weighted by molar-refractivity contribution is 7.80. The second-order valence-electron chi connectivity index (χ2n) is 6.11. The summed E-state index contributed by atoms with van der Waals surface area (Å²) < 4.78 is 0. The van der Waals surface area contributed by atoms with Gasteiger partial charge in [0, 0.05) is 11.4 Å². The topological polar surface area (TPSA) is 24.1 Å². The number of rotatable bonds is 2. The Hall–Kier alpha value is -1.87. The molecule has 0 bridgehead atoms. The van der Waals surface area contributed by atoms with E-state index < -0.39 is 0 Å². The molecule has 0 aliphatic heterocycles. The Balaban J connectivity index is 1.74. The molecule has 0 fully saturated rings. The van der Waals surface area contributed by atoms with Crippen LogP contribution in [0.5, 0.6) is 0 Å². The van der Waals surface area contributed by atoms with Crippen molar-refractivity contribution < 1.29 is 0 Å². The maximum atomic E-state index is 5.49. The van der Waals surface area contributed by atoms with Crippen LogP contribution in [-0.2, 0) is 12.8 Å². The molecule has 2 aromatic carbocycles. The van der Waals surface area contributed by atoms with E-state index in [-0.39, 0.29) is 0 Å². The lowest BCUT2D eigenvalue weighted by atomic mass is 9.90. The Morgan fingerprint density at radius 1 is 0.955 bits per heavy atom. The number of aryl methyl sites for hydroxylation is 3. The maximum Gasteiger partial charge on any atom is 0.175 e. The number of benzene rings is 2. The van der Waals surface area contributed by atoms with Gasteiger partial charge < -0.3 is 10.6 Å². The number of thiocarbonyl (C=S) groups is 1. The molecule has 0 heterocycles. The lowest BCUT2D eigenvalue weighted by Crippen LogP contribution is -2.21. The molecular formula is C19H22N2S. The van der Waals surface area contributed by atoms with Gasteiger partial charge in [-0.05, 0) is 92.2 Å². The summed E-state index contributed by atoms with van der Waals surface area (Å²) in [5.41, 5.74) is 7.56. The summed E-state index contributed by atoms with van der Waals surface area (Å²) in [5.74, 6) is 0. The molecule has 0 amide bonds. The Morgan fingerprint density at radius 3 is 2.45 bits per heavy atom. The number of fused-ring (bicyclic) bond motifs is 1. The minimum absolute atomic E-state index is 0.656. The minimum Gasteiger partial charge on any atom is -0.332 e. The van der Waals surface area contributed by atoms with Crippen molar-refractivity contribution in [2.45, 2.75) is 39.5 Å². The molecule has 0 radical (unpaired) electrons. The molecule has 0 saturated carbocycles. The minimum atomic E-state index is 0.656. The molecule has 2 N–H and O–H groups in total. The summed E-state index contributed by atoms with van der Waals surface area (Å²) in [7, 11) is 0. The molecule has 0 aromatic heterocycles. The molecule has 1 aliphatic carbocycles. The van der Waals surface area contributed by atoms with E-state index in [1.807, 2.05) is 0 Å². The summed E-state index contributed by atoms with van der Waals surface area (Å²) in [6.07, 6.45) is 4.89. The van der Waals surface area contributed by atoms with E-state index in [2.05, 4.69) is 60.9 Å². The first-order chi connectivity index (χ1) is 10.6. The van der Waals surface area contributed by atoms with Crippen molar-refractivity contribution in [3.05, 3.63) is 58.7 Å². The summed E-state index contributed by atoms with van der Waals surface area (Å²) >= 11 is 5.49. The molecule has 0 saturated heterocycles. The fourth-order valence-corrected chi connectivity index (χ4v) is 3.46. The van der Waals surface area contributed by atoms with E-state index in [1.54, 1.807) is 0 Å². The Morgan fingerprint density at radius 2 is 1.68 bits per heavy atom. The van der Waals surface area contributed by atoms with Crippen LogP contribution in [0.25, 0.3) is 0 Å². The first-order valence-corrected chi connectivity index (χ1v) is 8.30. The average Bonchev–Trinajstić information content (AvgIpc) is 2.46. The third-order valence-electron chi connectivity index (χ3n) is 4.12. The van der Waals surface area contributed by atoms with Crippen molar-refractivity contribution in [2.24, 2.45) is 0 Å². The van der Waals surface area contributed by atoms with Crippen LogP contribution in [0, 0.1) is 13.8 Å². The van der Waals surface area contributed by atoms with Gasteiger partial charge in [0.05, 0.1) is 0 Å². The summed E-state index contributed by atoms with van der Waals surface area (Å²) in [6.45, 7) is 4.20. The predicted molar refractivity (Wildman–Crippen MR) is 98.8 cm³/mol. The van der Waals surface area contributed by atoms with E-state index in [0.717, 1.165) is 17.8 Å². The zero-order valence-corrected chi connectivity index (χ0v) is 14.0. The Labute approximate surface area is 137 Å². The van der Waals surface area contributed by atoms with Crippen LogP contribution >= 0.6 is 12.2 Å². The standard InChI is InChI=1S/C19H22N2S/c1-13-10-14(2)12-16(11-13)20-19(22)21-18-9-5-7-15-6-3-4-8-17(15)18/h5,7,9-12H,3-4,6,8H2,1-2H3,(H2,20,21,22). The van der Waals surface area contributed by atoms with Crippen molar-refractivity contribution >= 4 is 28.7 Å². The Bertz CT molecular complexity index is 686. The molecule has 3 heteroatoms. The van der Waals surface area contributed by atoms with E-state index in [9.17, 15) is 0 Å². The predicted octanol–water partition coefficient (Wildman–Crippen LogP) is 4.99. The third kappa shape index (κ3) is 3.47. The summed E-state index contributed by atoms with van der Waals surface area (Å²) in [6, 6.07) is 12.9. The van der Waals surface area contributed by atoms with Gasteiger partial charge in [-0.2, -0.15) is 0 Å². The van der Waals surface area contributed by atoms with Gasteiger partial charge in [-0.1, -0.05) is 18.2 Å². The lowest BCUT2D eigenvalue weighted by Gasteiger charge is -2.20. The number of nitrogens with one attached hydrogen (secondary N) is 2. The average molecular weight is 310 g/mol. The molecule has 0 spiro atoms. The van der Waals surface area contributed by atoms with Crippen molar-refractivity contribution in [3.63, 3.8) is 0 Å². The smallest absolute Gasteiger partial charge is 0.175 e. The van der Waals surface area contributed by atoms with Gasteiger partial charge in [0.25, 0.3) is 0 Å². The van der Waals surface area contributed by atoms with E-state index in [0.29, 0.717) is 5.11 Å². The van der Waals surface area contributed by atoms with Crippen LogP contribution in [0.1, 0.15) is 35.1 Å². The third-order valence-corrected chi connectivity index (χ3v) is 4.33. The number of hydrogen-bond donors (Lipinski definition) is 2. The molecule has 1 aliphatic rings. The quantitative estimate of drug-likeness (QED) is 0.764. The van der Waals surface area contributed by atoms with Gasteiger partial charge in [0.15, 0.2) is 5.11 Å². The van der Waals surface area contributed by atoms with Crippen molar-refractivity contribution in [3.8, 4) is 0 Å². The zero-order chi connectivity index (χ0) is 15.5. The molecule has 2 nitrogen and oxygen atoms in total. The van der Waals surface area contributed by atoms with Crippen LogP contribution in [0.15, 0.2) is 36.4 Å². The zero-order valence-electron chi connectivity index (χ0n) is 13.2. The van der Waals surface area contributed by atoms with Gasteiger partial charge in [-0.3, -0.25) is 0 Å². The van der Waals surface area contributed by atoms with Crippen LogP contribution in [-0.4, -0.2) is 5.11 Å². The van der Waals surface area contributed by atoms with Crippen LogP contribution in [0.4, 0.5) is 11.4 Å². The second-order valence-corrected chi connectivity index (χ2v) is 6.51.